The van der Waals surface area contributed by atoms with E-state index >= 15 is 0 Å². The molecule has 1 aromatic carbocycles. The fraction of sp³-hybridized carbons (Fsp3) is 0.647. The number of nitrogens with zero attached hydrogens (tertiary/aromatic N) is 1. The predicted molar refractivity (Wildman–Crippen MR) is 90.0 cm³/mol. The van der Waals surface area contributed by atoms with Gasteiger partial charge in [-0.3, -0.25) is 4.90 Å². The van der Waals surface area contributed by atoms with Crippen molar-refractivity contribution in [3.63, 3.8) is 0 Å². The van der Waals surface area contributed by atoms with Gasteiger partial charge in [-0.15, -0.1) is 0 Å². The molecule has 0 radical (unpaired) electrons. The first kappa shape index (κ1) is 16.0. The van der Waals surface area contributed by atoms with Gasteiger partial charge in [-0.05, 0) is 44.0 Å². The Bertz CT molecular complexity index is 419. The van der Waals surface area contributed by atoms with Crippen LogP contribution in [0.5, 0.6) is 0 Å². The molecular formula is C17H27BrN2. The Kier molecular flexibility index (Phi) is 6.06. The normalized spacial score (nSPS) is 24.9. The van der Waals surface area contributed by atoms with Crippen LogP contribution in [0.2, 0.25) is 0 Å². The van der Waals surface area contributed by atoms with Crippen molar-refractivity contribution in [2.75, 3.05) is 20.1 Å². The highest BCUT2D eigenvalue weighted by atomic mass is 79.9. The first-order valence-electron chi connectivity index (χ1n) is 7.77. The molecule has 0 spiro atoms. The second kappa shape index (κ2) is 7.58. The average Bonchev–Trinajstić information content (AvgIpc) is 2.59. The third-order valence-corrected chi connectivity index (χ3v) is 4.99. The predicted octanol–water partition coefficient (Wildman–Crippen LogP) is 4.22. The summed E-state index contributed by atoms with van der Waals surface area (Å²) in [5.41, 5.74) is 1.44. The van der Waals surface area contributed by atoms with E-state index in [4.69, 9.17) is 0 Å². The van der Waals surface area contributed by atoms with Crippen molar-refractivity contribution in [3.8, 4) is 0 Å². The maximum absolute atomic E-state index is 3.75. The van der Waals surface area contributed by atoms with Crippen LogP contribution in [0.4, 0.5) is 0 Å². The lowest BCUT2D eigenvalue weighted by molar-refractivity contribution is 0.186. The molecule has 1 aromatic rings. The van der Waals surface area contributed by atoms with Crippen molar-refractivity contribution < 1.29 is 0 Å². The van der Waals surface area contributed by atoms with Gasteiger partial charge in [0.1, 0.15) is 0 Å². The summed E-state index contributed by atoms with van der Waals surface area (Å²) < 4.78 is 1.24. The average molecular weight is 339 g/mol. The molecule has 0 saturated carbocycles. The number of hydrogen-bond acceptors (Lipinski definition) is 2. The Labute approximate surface area is 132 Å². The number of hydrogen-bond donors (Lipinski definition) is 1. The van der Waals surface area contributed by atoms with Crippen LogP contribution >= 0.6 is 15.9 Å². The first-order chi connectivity index (χ1) is 9.59. The molecule has 0 aliphatic carbocycles. The minimum Gasteiger partial charge on any atom is -0.314 e. The Morgan fingerprint density at radius 1 is 1.30 bits per heavy atom. The van der Waals surface area contributed by atoms with Crippen LogP contribution in [0.1, 0.15) is 44.7 Å². The fourth-order valence-corrected chi connectivity index (χ4v) is 3.75. The molecular weight excluding hydrogens is 312 g/mol. The van der Waals surface area contributed by atoms with E-state index in [2.05, 4.69) is 71.3 Å². The highest BCUT2D eigenvalue weighted by Crippen LogP contribution is 2.37. The standard InChI is InChI=1S/C17H27BrN2/c1-13(2)19-12-14-8-6-7-11-20(3)17(14)15-9-4-5-10-16(15)18/h4-5,9-10,13-14,17,19H,6-8,11-12H2,1-3H3. The van der Waals surface area contributed by atoms with Gasteiger partial charge in [0, 0.05) is 23.1 Å². The quantitative estimate of drug-likeness (QED) is 0.884. The molecule has 1 aliphatic heterocycles. The lowest BCUT2D eigenvalue weighted by Gasteiger charge is -2.34. The van der Waals surface area contributed by atoms with Crippen LogP contribution in [0.3, 0.4) is 0 Å². The van der Waals surface area contributed by atoms with E-state index in [0.717, 1.165) is 6.54 Å². The number of benzene rings is 1. The van der Waals surface area contributed by atoms with Crippen LogP contribution in [0.15, 0.2) is 28.7 Å². The Balaban J connectivity index is 2.24. The maximum Gasteiger partial charge on any atom is 0.0396 e. The third kappa shape index (κ3) is 4.06. The maximum atomic E-state index is 3.75. The first-order valence-corrected chi connectivity index (χ1v) is 8.57. The molecule has 20 heavy (non-hydrogen) atoms. The van der Waals surface area contributed by atoms with Gasteiger partial charge < -0.3 is 5.32 Å². The van der Waals surface area contributed by atoms with Gasteiger partial charge in [0.05, 0.1) is 0 Å². The van der Waals surface area contributed by atoms with E-state index in [0.29, 0.717) is 18.0 Å². The van der Waals surface area contributed by atoms with Crippen LogP contribution < -0.4 is 5.32 Å². The van der Waals surface area contributed by atoms with E-state index in [1.165, 1.54) is 35.8 Å². The van der Waals surface area contributed by atoms with E-state index in [1.54, 1.807) is 0 Å². The largest absolute Gasteiger partial charge is 0.314 e. The van der Waals surface area contributed by atoms with Crippen LogP contribution in [-0.2, 0) is 0 Å². The van der Waals surface area contributed by atoms with Gasteiger partial charge in [-0.25, -0.2) is 0 Å². The molecule has 0 amide bonds. The molecule has 2 nitrogen and oxygen atoms in total. The Hall–Kier alpha value is -0.380. The summed E-state index contributed by atoms with van der Waals surface area (Å²) in [5, 5.41) is 3.64. The van der Waals surface area contributed by atoms with Crippen molar-refractivity contribution in [2.24, 2.45) is 5.92 Å². The zero-order chi connectivity index (χ0) is 14.5. The lowest BCUT2D eigenvalue weighted by atomic mass is 9.89. The second-order valence-electron chi connectivity index (χ2n) is 6.27. The van der Waals surface area contributed by atoms with Crippen LogP contribution in [0.25, 0.3) is 0 Å². The van der Waals surface area contributed by atoms with Gasteiger partial charge in [-0.1, -0.05) is 54.4 Å². The second-order valence-corrected chi connectivity index (χ2v) is 7.12. The minimum atomic E-state index is 0.513. The van der Waals surface area contributed by atoms with Crippen molar-refractivity contribution in [1.82, 2.24) is 10.2 Å². The van der Waals surface area contributed by atoms with E-state index in [-0.39, 0.29) is 0 Å². The lowest BCUT2D eigenvalue weighted by Crippen LogP contribution is -2.37. The monoisotopic (exact) mass is 338 g/mol. The van der Waals surface area contributed by atoms with Crippen molar-refractivity contribution in [2.45, 2.75) is 45.2 Å². The zero-order valence-corrected chi connectivity index (χ0v) is 14.5. The molecule has 1 fully saturated rings. The summed E-state index contributed by atoms with van der Waals surface area (Å²) in [7, 11) is 2.28. The van der Waals surface area contributed by atoms with E-state index < -0.39 is 0 Å². The van der Waals surface area contributed by atoms with Gasteiger partial charge in [0.2, 0.25) is 0 Å². The SMILES string of the molecule is CC(C)NCC1CCCCN(C)C1c1ccccc1Br. The van der Waals surface area contributed by atoms with Gasteiger partial charge >= 0.3 is 0 Å². The number of halogens is 1. The van der Waals surface area contributed by atoms with Crippen LogP contribution in [-0.4, -0.2) is 31.1 Å². The zero-order valence-electron chi connectivity index (χ0n) is 12.9. The summed E-state index contributed by atoms with van der Waals surface area (Å²) in [4.78, 5) is 2.54. The highest BCUT2D eigenvalue weighted by molar-refractivity contribution is 9.10. The summed E-state index contributed by atoms with van der Waals surface area (Å²) in [6.45, 7) is 6.76. The van der Waals surface area contributed by atoms with Gasteiger partial charge in [-0.2, -0.15) is 0 Å². The molecule has 0 aromatic heterocycles. The van der Waals surface area contributed by atoms with Gasteiger partial charge in [0.15, 0.2) is 0 Å². The Morgan fingerprint density at radius 3 is 2.75 bits per heavy atom. The molecule has 0 bridgehead atoms. The molecule has 1 N–H and O–H groups in total. The van der Waals surface area contributed by atoms with E-state index in [1.807, 2.05) is 0 Å². The third-order valence-electron chi connectivity index (χ3n) is 4.27. The molecule has 2 unspecified atom stereocenters. The molecule has 2 rings (SSSR count). The van der Waals surface area contributed by atoms with Gasteiger partial charge in [0.25, 0.3) is 0 Å². The molecule has 112 valence electrons. The number of rotatable bonds is 4. The van der Waals surface area contributed by atoms with Crippen molar-refractivity contribution in [3.05, 3.63) is 34.3 Å². The Morgan fingerprint density at radius 2 is 2.05 bits per heavy atom. The summed E-state index contributed by atoms with van der Waals surface area (Å²) in [6.07, 6.45) is 3.97. The highest BCUT2D eigenvalue weighted by Gasteiger charge is 2.30. The number of likely N-dealkylation sites (tertiary alicyclic amines) is 1. The summed E-state index contributed by atoms with van der Waals surface area (Å²) >= 11 is 3.75. The molecule has 1 heterocycles. The van der Waals surface area contributed by atoms with Crippen LogP contribution in [0, 0.1) is 5.92 Å². The molecule has 2 atom stereocenters. The van der Waals surface area contributed by atoms with Crippen molar-refractivity contribution in [1.29, 1.82) is 0 Å². The fourth-order valence-electron chi connectivity index (χ4n) is 3.23. The smallest absolute Gasteiger partial charge is 0.0396 e. The molecule has 1 aliphatic rings. The van der Waals surface area contributed by atoms with E-state index in [9.17, 15) is 0 Å². The minimum absolute atomic E-state index is 0.513. The van der Waals surface area contributed by atoms with Crippen molar-refractivity contribution >= 4 is 15.9 Å². The molecule has 1 saturated heterocycles. The summed E-state index contributed by atoms with van der Waals surface area (Å²) in [5.74, 6) is 0.684. The number of nitrogens with one attached hydrogen (secondary N) is 1. The summed E-state index contributed by atoms with van der Waals surface area (Å²) in [6, 6.07) is 9.78. The molecule has 3 heteroatoms. The topological polar surface area (TPSA) is 15.3 Å².